The number of anilines is 1. The van der Waals surface area contributed by atoms with E-state index < -0.39 is 0 Å². The minimum Gasteiger partial charge on any atom is -0.354 e. The molecule has 1 N–H and O–H groups in total. The summed E-state index contributed by atoms with van der Waals surface area (Å²) in [6.07, 6.45) is 2.62. The maximum Gasteiger partial charge on any atom is 0.131 e. The number of nitrogens with one attached hydrogen (secondary N) is 1. The fraction of sp³-hybridized carbons (Fsp3) is 0.824. The van der Waals surface area contributed by atoms with Crippen molar-refractivity contribution in [1.29, 1.82) is 0 Å². The molecular formula is C17H32N4. The molecule has 2 atom stereocenters. The van der Waals surface area contributed by atoms with E-state index in [1.165, 1.54) is 24.2 Å². The molecule has 0 saturated carbocycles. The van der Waals surface area contributed by atoms with E-state index in [1.807, 2.05) is 0 Å². The van der Waals surface area contributed by atoms with Crippen LogP contribution >= 0.6 is 0 Å². The smallest absolute Gasteiger partial charge is 0.131 e. The van der Waals surface area contributed by atoms with E-state index in [2.05, 4.69) is 61.7 Å². The molecular weight excluding hydrogens is 260 g/mol. The first-order chi connectivity index (χ1) is 9.90. The molecule has 4 heteroatoms. The summed E-state index contributed by atoms with van der Waals surface area (Å²) in [6.45, 7) is 14.5. The molecule has 1 aromatic heterocycles. The summed E-state index contributed by atoms with van der Waals surface area (Å²) in [5.41, 5.74) is 2.54. The van der Waals surface area contributed by atoms with Crippen molar-refractivity contribution in [2.75, 3.05) is 18.0 Å². The summed E-state index contributed by atoms with van der Waals surface area (Å²) in [5, 5.41) is 8.26. The minimum atomic E-state index is 0.611. The molecule has 120 valence electrons. The van der Waals surface area contributed by atoms with Gasteiger partial charge in [0.2, 0.25) is 0 Å². The summed E-state index contributed by atoms with van der Waals surface area (Å²) < 4.78 is 2.08. The number of hydrogen-bond acceptors (Lipinski definition) is 3. The monoisotopic (exact) mass is 292 g/mol. The highest BCUT2D eigenvalue weighted by Gasteiger charge is 2.28. The molecule has 4 nitrogen and oxygen atoms in total. The Kier molecular flexibility index (Phi) is 5.31. The molecule has 0 aromatic carbocycles. The predicted octanol–water partition coefficient (Wildman–Crippen LogP) is 3.10. The molecule has 1 saturated heterocycles. The largest absolute Gasteiger partial charge is 0.354 e. The zero-order valence-electron chi connectivity index (χ0n) is 14.6. The number of piperidine rings is 1. The lowest BCUT2D eigenvalue weighted by Gasteiger charge is -2.39. The van der Waals surface area contributed by atoms with Gasteiger partial charge in [0, 0.05) is 31.7 Å². The second-order valence-electron chi connectivity index (χ2n) is 7.22. The van der Waals surface area contributed by atoms with Crippen LogP contribution in [0.2, 0.25) is 0 Å². The fourth-order valence-electron chi connectivity index (χ4n) is 3.33. The first kappa shape index (κ1) is 16.3. The van der Waals surface area contributed by atoms with Gasteiger partial charge in [-0.2, -0.15) is 5.10 Å². The third kappa shape index (κ3) is 3.79. The quantitative estimate of drug-likeness (QED) is 0.905. The molecule has 0 amide bonds. The molecule has 2 rings (SSSR count). The highest BCUT2D eigenvalue weighted by atomic mass is 15.4. The Labute approximate surface area is 129 Å². The van der Waals surface area contributed by atoms with Crippen LogP contribution in [0, 0.1) is 18.8 Å². The van der Waals surface area contributed by atoms with Gasteiger partial charge in [0.25, 0.3) is 0 Å². The minimum absolute atomic E-state index is 0.611. The van der Waals surface area contributed by atoms with Crippen LogP contribution in [0.5, 0.6) is 0 Å². The number of nitrogens with zero attached hydrogens (tertiary/aromatic N) is 3. The molecule has 0 spiro atoms. The first-order valence-electron chi connectivity index (χ1n) is 8.40. The average molecular weight is 292 g/mol. The average Bonchev–Trinajstić information content (AvgIpc) is 2.67. The van der Waals surface area contributed by atoms with Crippen LogP contribution in [0.1, 0.15) is 51.8 Å². The zero-order chi connectivity index (χ0) is 15.6. The van der Waals surface area contributed by atoms with Gasteiger partial charge in [-0.05, 0) is 45.1 Å². The van der Waals surface area contributed by atoms with Gasteiger partial charge >= 0.3 is 0 Å². The highest BCUT2D eigenvalue weighted by Crippen LogP contribution is 2.31. The van der Waals surface area contributed by atoms with Gasteiger partial charge in [-0.3, -0.25) is 4.68 Å². The Morgan fingerprint density at radius 3 is 2.67 bits per heavy atom. The number of rotatable bonds is 5. The lowest BCUT2D eigenvalue weighted by molar-refractivity contribution is 0.383. The summed E-state index contributed by atoms with van der Waals surface area (Å²) >= 11 is 0. The molecule has 0 radical (unpaired) electrons. The first-order valence-corrected chi connectivity index (χ1v) is 8.40. The Bertz CT molecular complexity index is 464. The van der Waals surface area contributed by atoms with Gasteiger partial charge in [0.05, 0.1) is 5.69 Å². The van der Waals surface area contributed by atoms with Crippen LogP contribution in [0.3, 0.4) is 0 Å². The van der Waals surface area contributed by atoms with Crippen molar-refractivity contribution in [1.82, 2.24) is 15.1 Å². The number of hydrogen-bond donors (Lipinski definition) is 1. The van der Waals surface area contributed by atoms with E-state index in [9.17, 15) is 0 Å². The zero-order valence-corrected chi connectivity index (χ0v) is 14.6. The van der Waals surface area contributed by atoms with Crippen LogP contribution in [0.15, 0.2) is 0 Å². The SMILES string of the molecule is Cc1nn(C)c(N2CC(C)CCC2C)c1CNCC(C)C. The summed E-state index contributed by atoms with van der Waals surface area (Å²) in [5.74, 6) is 2.77. The van der Waals surface area contributed by atoms with E-state index in [1.54, 1.807) is 0 Å². The summed E-state index contributed by atoms with van der Waals surface area (Å²) in [4.78, 5) is 2.57. The lowest BCUT2D eigenvalue weighted by atomic mass is 9.94. The Morgan fingerprint density at radius 1 is 1.29 bits per heavy atom. The van der Waals surface area contributed by atoms with Crippen molar-refractivity contribution in [3.8, 4) is 0 Å². The van der Waals surface area contributed by atoms with Gasteiger partial charge in [-0.15, -0.1) is 0 Å². The van der Waals surface area contributed by atoms with Crippen LogP contribution in [-0.2, 0) is 13.6 Å². The molecule has 1 aliphatic rings. The Balaban J connectivity index is 2.21. The highest BCUT2D eigenvalue weighted by molar-refractivity contribution is 5.51. The maximum absolute atomic E-state index is 4.68. The summed E-state index contributed by atoms with van der Waals surface area (Å²) in [6, 6.07) is 0.611. The Morgan fingerprint density at radius 2 is 2.00 bits per heavy atom. The molecule has 2 unspecified atom stereocenters. The topological polar surface area (TPSA) is 33.1 Å². The number of aromatic nitrogens is 2. The van der Waals surface area contributed by atoms with Crippen molar-refractivity contribution in [3.63, 3.8) is 0 Å². The maximum atomic E-state index is 4.68. The molecule has 0 aliphatic carbocycles. The van der Waals surface area contributed by atoms with Crippen LogP contribution in [0.25, 0.3) is 0 Å². The van der Waals surface area contributed by atoms with E-state index in [-0.39, 0.29) is 0 Å². The van der Waals surface area contributed by atoms with E-state index in [4.69, 9.17) is 0 Å². The van der Waals surface area contributed by atoms with E-state index in [0.29, 0.717) is 12.0 Å². The normalized spacial score (nSPS) is 23.1. The molecule has 1 aromatic rings. The molecule has 21 heavy (non-hydrogen) atoms. The summed E-state index contributed by atoms with van der Waals surface area (Å²) in [7, 11) is 2.08. The van der Waals surface area contributed by atoms with Crippen LogP contribution in [-0.4, -0.2) is 28.9 Å². The third-order valence-electron chi connectivity index (χ3n) is 4.56. The van der Waals surface area contributed by atoms with Crippen molar-refractivity contribution in [2.45, 2.75) is 60.0 Å². The second kappa shape index (κ2) is 6.82. The molecule has 1 aliphatic heterocycles. The lowest BCUT2D eigenvalue weighted by Crippen LogP contribution is -2.42. The van der Waals surface area contributed by atoms with Gasteiger partial charge in [0.1, 0.15) is 5.82 Å². The molecule has 0 bridgehead atoms. The van der Waals surface area contributed by atoms with Crippen molar-refractivity contribution in [3.05, 3.63) is 11.3 Å². The van der Waals surface area contributed by atoms with Crippen LogP contribution in [0.4, 0.5) is 5.82 Å². The molecule has 2 heterocycles. The Hall–Kier alpha value is -1.03. The van der Waals surface area contributed by atoms with Gasteiger partial charge in [0.15, 0.2) is 0 Å². The van der Waals surface area contributed by atoms with Crippen LogP contribution < -0.4 is 10.2 Å². The van der Waals surface area contributed by atoms with E-state index in [0.717, 1.165) is 31.2 Å². The number of aryl methyl sites for hydroxylation is 2. The second-order valence-corrected chi connectivity index (χ2v) is 7.22. The van der Waals surface area contributed by atoms with E-state index >= 15 is 0 Å². The molecule has 1 fully saturated rings. The van der Waals surface area contributed by atoms with Gasteiger partial charge < -0.3 is 10.2 Å². The predicted molar refractivity (Wildman–Crippen MR) is 89.7 cm³/mol. The van der Waals surface area contributed by atoms with Crippen molar-refractivity contribution in [2.24, 2.45) is 18.9 Å². The fourth-order valence-corrected chi connectivity index (χ4v) is 3.33. The standard InChI is InChI=1S/C17H32N4/c1-12(2)9-18-10-16-15(5)19-20(6)17(16)21-11-13(3)7-8-14(21)4/h12-14,18H,7-11H2,1-6H3. The van der Waals surface area contributed by atoms with Gasteiger partial charge in [-0.25, -0.2) is 0 Å². The van der Waals surface area contributed by atoms with Crippen molar-refractivity contribution >= 4 is 5.82 Å². The van der Waals surface area contributed by atoms with Gasteiger partial charge in [-0.1, -0.05) is 20.8 Å². The third-order valence-corrected chi connectivity index (χ3v) is 4.56. The van der Waals surface area contributed by atoms with Crippen molar-refractivity contribution < 1.29 is 0 Å².